The highest BCUT2D eigenvalue weighted by Gasteiger charge is 2.35. The number of benzene rings is 1. The molecule has 2 rings (SSSR count). The molecule has 0 spiro atoms. The summed E-state index contributed by atoms with van der Waals surface area (Å²) in [5.74, 6) is 0.409. The van der Waals surface area contributed by atoms with Gasteiger partial charge >= 0.3 is 6.03 Å². The smallest absolute Gasteiger partial charge is 0.338 e. The Morgan fingerprint density at radius 2 is 1.94 bits per heavy atom. The minimum absolute atomic E-state index is 0.133. The van der Waals surface area contributed by atoms with Crippen LogP contribution in [0.25, 0.3) is 0 Å². The van der Waals surface area contributed by atoms with Crippen LogP contribution in [0.2, 0.25) is 0 Å². The highest BCUT2D eigenvalue weighted by atomic mass is 79.9. The first-order valence-electron chi connectivity index (χ1n) is 5.11. The normalized spacial score (nSPS) is 23.6. The number of carbonyl (C=O) groups excluding carboxylic acids is 1. The zero-order chi connectivity index (χ0) is 11.7. The van der Waals surface area contributed by atoms with E-state index in [1.54, 1.807) is 0 Å². The van der Waals surface area contributed by atoms with Gasteiger partial charge in [-0.1, -0.05) is 28.1 Å². The predicted octanol–water partition coefficient (Wildman–Crippen LogP) is 2.47. The Labute approximate surface area is 102 Å². The number of hydrogen-bond donors (Lipinski definition) is 2. The van der Waals surface area contributed by atoms with Gasteiger partial charge in [0.2, 0.25) is 0 Å². The van der Waals surface area contributed by atoms with Crippen LogP contribution in [-0.4, -0.2) is 22.3 Å². The van der Waals surface area contributed by atoms with Crippen molar-refractivity contribution in [1.29, 1.82) is 0 Å². The van der Waals surface area contributed by atoms with E-state index in [0.717, 1.165) is 17.3 Å². The van der Waals surface area contributed by atoms with E-state index in [1.807, 2.05) is 12.1 Å². The summed E-state index contributed by atoms with van der Waals surface area (Å²) in [6, 6.07) is 7.18. The lowest BCUT2D eigenvalue weighted by molar-refractivity contribution is -0.102. The summed E-state index contributed by atoms with van der Waals surface area (Å²) >= 11 is 3.38. The number of rotatable bonds is 2. The lowest BCUT2D eigenvalue weighted by Gasteiger charge is -2.39. The molecule has 0 saturated heterocycles. The van der Waals surface area contributed by atoms with Crippen LogP contribution in [0.5, 0.6) is 0 Å². The Morgan fingerprint density at radius 1 is 1.38 bits per heavy atom. The van der Waals surface area contributed by atoms with E-state index in [9.17, 15) is 10.0 Å². The highest BCUT2D eigenvalue weighted by molar-refractivity contribution is 9.10. The molecule has 16 heavy (non-hydrogen) atoms. The van der Waals surface area contributed by atoms with Crippen molar-refractivity contribution in [2.45, 2.75) is 24.8 Å². The zero-order valence-electron chi connectivity index (χ0n) is 8.64. The molecule has 1 aromatic rings. The van der Waals surface area contributed by atoms with Crippen LogP contribution in [-0.2, 0) is 0 Å². The maximum Gasteiger partial charge on any atom is 0.338 e. The van der Waals surface area contributed by atoms with Crippen LogP contribution in [0.4, 0.5) is 4.79 Å². The fourth-order valence-electron chi connectivity index (χ4n) is 1.97. The Kier molecular flexibility index (Phi) is 3.16. The summed E-state index contributed by atoms with van der Waals surface area (Å²) in [4.78, 5) is 10.7. The Balaban J connectivity index is 1.93. The van der Waals surface area contributed by atoms with Crippen molar-refractivity contribution < 1.29 is 10.0 Å². The van der Waals surface area contributed by atoms with E-state index in [4.69, 9.17) is 5.73 Å². The van der Waals surface area contributed by atoms with Gasteiger partial charge in [0.05, 0.1) is 6.04 Å². The standard InChI is InChI=1S/C11H13BrN2O2/c12-9-3-1-7(2-4-9)8-5-10(6-8)14(16)11(13)15/h1-4,8,10,16H,5-6H2,(H2,13,15)/t8-,10+. The molecule has 1 aliphatic rings. The van der Waals surface area contributed by atoms with Gasteiger partial charge < -0.3 is 5.73 Å². The SMILES string of the molecule is NC(=O)N(O)[C@H]1C[C@@H](c2ccc(Br)cc2)C1. The Hall–Kier alpha value is -1.07. The van der Waals surface area contributed by atoms with Gasteiger partial charge in [0.15, 0.2) is 0 Å². The summed E-state index contributed by atoms with van der Waals surface area (Å²) in [6.45, 7) is 0. The molecule has 0 aromatic heterocycles. The van der Waals surface area contributed by atoms with E-state index in [1.165, 1.54) is 5.56 Å². The Morgan fingerprint density at radius 3 is 2.44 bits per heavy atom. The van der Waals surface area contributed by atoms with E-state index >= 15 is 0 Å². The number of nitrogens with zero attached hydrogens (tertiary/aromatic N) is 1. The van der Waals surface area contributed by atoms with Crippen molar-refractivity contribution >= 4 is 22.0 Å². The molecule has 86 valence electrons. The number of urea groups is 1. The minimum Gasteiger partial charge on any atom is -0.350 e. The molecule has 5 heteroatoms. The average molecular weight is 285 g/mol. The molecule has 0 radical (unpaired) electrons. The molecule has 0 heterocycles. The summed E-state index contributed by atoms with van der Waals surface area (Å²) in [5.41, 5.74) is 6.21. The van der Waals surface area contributed by atoms with Crippen LogP contribution >= 0.6 is 15.9 Å². The van der Waals surface area contributed by atoms with Gasteiger partial charge in [-0.3, -0.25) is 5.21 Å². The first kappa shape index (κ1) is 11.4. The Bertz CT molecular complexity index is 387. The monoisotopic (exact) mass is 284 g/mol. The number of primary amides is 1. The quantitative estimate of drug-likeness (QED) is 0.647. The van der Waals surface area contributed by atoms with Gasteiger partial charge in [0, 0.05) is 4.47 Å². The van der Waals surface area contributed by atoms with Gasteiger partial charge in [-0.15, -0.1) is 0 Å². The van der Waals surface area contributed by atoms with E-state index in [2.05, 4.69) is 28.1 Å². The number of nitrogens with two attached hydrogens (primary N) is 1. The third-order valence-electron chi connectivity index (χ3n) is 3.03. The summed E-state index contributed by atoms with van der Waals surface area (Å²) < 4.78 is 1.05. The van der Waals surface area contributed by atoms with Crippen LogP contribution in [0.15, 0.2) is 28.7 Å². The van der Waals surface area contributed by atoms with Gasteiger partial charge in [-0.2, -0.15) is 0 Å². The summed E-state index contributed by atoms with van der Waals surface area (Å²) in [6.07, 6.45) is 1.53. The second-order valence-electron chi connectivity index (χ2n) is 4.06. The highest BCUT2D eigenvalue weighted by Crippen LogP contribution is 2.39. The molecule has 4 nitrogen and oxygen atoms in total. The lowest BCUT2D eigenvalue weighted by atomic mass is 9.76. The van der Waals surface area contributed by atoms with Crippen molar-refractivity contribution in [3.63, 3.8) is 0 Å². The molecule has 1 saturated carbocycles. The number of amides is 2. The summed E-state index contributed by atoms with van der Waals surface area (Å²) in [7, 11) is 0. The largest absolute Gasteiger partial charge is 0.350 e. The van der Waals surface area contributed by atoms with Crippen molar-refractivity contribution in [1.82, 2.24) is 5.06 Å². The molecule has 0 bridgehead atoms. The molecule has 2 amide bonds. The van der Waals surface area contributed by atoms with Gasteiger partial charge in [0.1, 0.15) is 0 Å². The maximum atomic E-state index is 10.7. The first-order valence-corrected chi connectivity index (χ1v) is 5.90. The van der Waals surface area contributed by atoms with Gasteiger partial charge in [-0.25, -0.2) is 9.86 Å². The van der Waals surface area contributed by atoms with Crippen molar-refractivity contribution in [2.24, 2.45) is 5.73 Å². The predicted molar refractivity (Wildman–Crippen MR) is 63.1 cm³/mol. The molecule has 0 unspecified atom stereocenters. The third-order valence-corrected chi connectivity index (χ3v) is 3.55. The lowest BCUT2D eigenvalue weighted by Crippen LogP contribution is -2.47. The fourth-order valence-corrected chi connectivity index (χ4v) is 2.24. The topological polar surface area (TPSA) is 66.6 Å². The van der Waals surface area contributed by atoms with Crippen LogP contribution in [0.1, 0.15) is 24.3 Å². The molecule has 1 aromatic carbocycles. The molecule has 1 fully saturated rings. The van der Waals surface area contributed by atoms with Crippen molar-refractivity contribution in [3.05, 3.63) is 34.3 Å². The van der Waals surface area contributed by atoms with E-state index in [-0.39, 0.29) is 6.04 Å². The van der Waals surface area contributed by atoms with Gasteiger partial charge in [-0.05, 0) is 36.5 Å². The number of hydroxylamine groups is 2. The molecule has 0 aliphatic heterocycles. The summed E-state index contributed by atoms with van der Waals surface area (Å²) in [5, 5.41) is 9.94. The number of hydrogen-bond acceptors (Lipinski definition) is 2. The van der Waals surface area contributed by atoms with Crippen LogP contribution < -0.4 is 5.73 Å². The second-order valence-corrected chi connectivity index (χ2v) is 4.97. The second kappa shape index (κ2) is 4.43. The van der Waals surface area contributed by atoms with Crippen molar-refractivity contribution in [3.8, 4) is 0 Å². The van der Waals surface area contributed by atoms with E-state index < -0.39 is 6.03 Å². The van der Waals surface area contributed by atoms with Crippen molar-refractivity contribution in [2.75, 3.05) is 0 Å². The molecular formula is C11H13BrN2O2. The van der Waals surface area contributed by atoms with Gasteiger partial charge in [0.25, 0.3) is 0 Å². The molecule has 1 aliphatic carbocycles. The molecule has 3 N–H and O–H groups in total. The number of halogens is 1. The maximum absolute atomic E-state index is 10.7. The molecular weight excluding hydrogens is 272 g/mol. The fraction of sp³-hybridized carbons (Fsp3) is 0.364. The third kappa shape index (κ3) is 2.20. The van der Waals surface area contributed by atoms with E-state index in [0.29, 0.717) is 11.0 Å². The average Bonchev–Trinajstić information content (AvgIpc) is 2.18. The zero-order valence-corrected chi connectivity index (χ0v) is 10.2. The minimum atomic E-state index is -0.778. The first-order chi connectivity index (χ1) is 7.58. The molecule has 0 atom stereocenters. The van der Waals surface area contributed by atoms with Crippen LogP contribution in [0, 0.1) is 0 Å². The number of carbonyl (C=O) groups is 1. The van der Waals surface area contributed by atoms with Crippen LogP contribution in [0.3, 0.4) is 0 Å².